The van der Waals surface area contributed by atoms with Crippen LogP contribution in [0.5, 0.6) is 0 Å². The second-order valence-corrected chi connectivity index (χ2v) is 6.92. The molecule has 6 nitrogen and oxygen atoms in total. The smallest absolute Gasteiger partial charge is 0.273 e. The molecule has 1 amide bonds. The molecule has 1 unspecified atom stereocenters. The molecular weight excluding hydrogens is 286 g/mol. The predicted molar refractivity (Wildman–Crippen MR) is 81.6 cm³/mol. The lowest BCUT2D eigenvalue weighted by atomic mass is 10.1. The maximum atomic E-state index is 12.2. The van der Waals surface area contributed by atoms with Gasteiger partial charge in [0.1, 0.15) is 0 Å². The second-order valence-electron chi connectivity index (χ2n) is 5.46. The molecule has 3 rings (SSSR count). The highest BCUT2D eigenvalue weighted by Crippen LogP contribution is 2.26. The van der Waals surface area contributed by atoms with E-state index in [1.807, 2.05) is 6.92 Å². The normalized spacial score (nSPS) is 16.5. The average molecular weight is 305 g/mol. The first-order chi connectivity index (χ1) is 10.0. The third kappa shape index (κ3) is 2.84. The van der Waals surface area contributed by atoms with Crippen LogP contribution in [0.15, 0.2) is 12.3 Å². The van der Waals surface area contributed by atoms with Crippen molar-refractivity contribution in [1.29, 1.82) is 0 Å². The number of nitrogens with zero attached hydrogens (tertiary/aromatic N) is 3. The number of aryl methyl sites for hydroxylation is 2. The molecule has 21 heavy (non-hydrogen) atoms. The van der Waals surface area contributed by atoms with Gasteiger partial charge in [0, 0.05) is 22.8 Å². The van der Waals surface area contributed by atoms with Gasteiger partial charge >= 0.3 is 0 Å². The Kier molecular flexibility index (Phi) is 3.77. The van der Waals surface area contributed by atoms with Crippen molar-refractivity contribution in [3.63, 3.8) is 0 Å². The first-order valence-corrected chi connectivity index (χ1v) is 7.86. The number of hydrogen-bond donors (Lipinski definition) is 2. The van der Waals surface area contributed by atoms with E-state index in [2.05, 4.69) is 40.9 Å². The average Bonchev–Trinajstić information content (AvgIpc) is 2.94. The lowest BCUT2D eigenvalue weighted by Crippen LogP contribution is -2.43. The summed E-state index contributed by atoms with van der Waals surface area (Å²) in [6, 6.07) is 2.41. The molecule has 2 aromatic rings. The van der Waals surface area contributed by atoms with Gasteiger partial charge in [-0.2, -0.15) is 0 Å². The van der Waals surface area contributed by atoms with Crippen LogP contribution in [0.2, 0.25) is 0 Å². The molecule has 2 N–H and O–H groups in total. The van der Waals surface area contributed by atoms with Crippen molar-refractivity contribution in [2.75, 3.05) is 13.1 Å². The van der Waals surface area contributed by atoms with Gasteiger partial charge in [0.2, 0.25) is 0 Å². The Morgan fingerprint density at radius 1 is 1.52 bits per heavy atom. The summed E-state index contributed by atoms with van der Waals surface area (Å²) in [5, 5.41) is 14.2. The van der Waals surface area contributed by atoms with E-state index in [4.69, 9.17) is 0 Å². The fourth-order valence-electron chi connectivity index (χ4n) is 2.45. The van der Waals surface area contributed by atoms with E-state index < -0.39 is 0 Å². The van der Waals surface area contributed by atoms with E-state index in [0.717, 1.165) is 13.1 Å². The molecule has 0 aliphatic carbocycles. The topological polar surface area (TPSA) is 71.8 Å². The number of rotatable bonds is 4. The highest BCUT2D eigenvalue weighted by atomic mass is 32.1. The number of thiophene rings is 1. The number of nitrogens with one attached hydrogen (secondary N) is 2. The fourth-order valence-corrected chi connectivity index (χ4v) is 3.47. The van der Waals surface area contributed by atoms with Crippen LogP contribution < -0.4 is 10.6 Å². The zero-order chi connectivity index (χ0) is 15.0. The molecule has 3 heterocycles. The predicted octanol–water partition coefficient (Wildman–Crippen LogP) is 1.59. The Hall–Kier alpha value is -1.73. The molecule has 1 atom stereocenters. The van der Waals surface area contributed by atoms with Gasteiger partial charge in [-0.15, -0.1) is 16.4 Å². The highest BCUT2D eigenvalue weighted by molar-refractivity contribution is 7.12. The molecule has 2 aromatic heterocycles. The van der Waals surface area contributed by atoms with E-state index in [9.17, 15) is 4.79 Å². The van der Waals surface area contributed by atoms with Gasteiger partial charge in [-0.1, -0.05) is 5.21 Å². The van der Waals surface area contributed by atoms with Crippen LogP contribution in [-0.4, -0.2) is 34.0 Å². The zero-order valence-electron chi connectivity index (χ0n) is 12.4. The first-order valence-electron chi connectivity index (χ1n) is 7.05. The molecule has 112 valence electrons. The summed E-state index contributed by atoms with van der Waals surface area (Å²) in [6.45, 7) is 7.92. The minimum absolute atomic E-state index is 0.0297. The monoisotopic (exact) mass is 305 g/mol. The minimum Gasteiger partial charge on any atom is -0.344 e. The molecule has 0 radical (unpaired) electrons. The molecule has 0 spiro atoms. The van der Waals surface area contributed by atoms with Crippen LogP contribution in [0.4, 0.5) is 0 Å². The second kappa shape index (κ2) is 5.57. The number of aromatic nitrogens is 3. The van der Waals surface area contributed by atoms with Crippen LogP contribution in [0.25, 0.3) is 0 Å². The summed E-state index contributed by atoms with van der Waals surface area (Å²) in [4.78, 5) is 14.7. The highest BCUT2D eigenvalue weighted by Gasteiger charge is 2.22. The van der Waals surface area contributed by atoms with Crippen molar-refractivity contribution in [3.8, 4) is 0 Å². The third-order valence-electron chi connectivity index (χ3n) is 3.77. The summed E-state index contributed by atoms with van der Waals surface area (Å²) in [5.74, 6) is -0.177. The molecule has 0 bridgehead atoms. The van der Waals surface area contributed by atoms with Crippen molar-refractivity contribution in [3.05, 3.63) is 33.3 Å². The van der Waals surface area contributed by atoms with Gasteiger partial charge in [-0.05, 0) is 32.4 Å². The summed E-state index contributed by atoms with van der Waals surface area (Å²) >= 11 is 1.75. The number of carbonyl (C=O) groups is 1. The van der Waals surface area contributed by atoms with Crippen LogP contribution in [-0.2, 0) is 0 Å². The van der Waals surface area contributed by atoms with Crippen LogP contribution in [0, 0.1) is 13.8 Å². The van der Waals surface area contributed by atoms with Gasteiger partial charge in [0.15, 0.2) is 5.69 Å². The largest absolute Gasteiger partial charge is 0.344 e. The number of carbonyl (C=O) groups excluding carboxylic acids is 1. The van der Waals surface area contributed by atoms with Crippen molar-refractivity contribution in [1.82, 2.24) is 25.6 Å². The maximum Gasteiger partial charge on any atom is 0.273 e. The zero-order valence-corrected chi connectivity index (χ0v) is 13.2. The van der Waals surface area contributed by atoms with E-state index in [1.54, 1.807) is 22.2 Å². The van der Waals surface area contributed by atoms with Gasteiger partial charge in [-0.25, -0.2) is 4.68 Å². The first kappa shape index (κ1) is 14.2. The van der Waals surface area contributed by atoms with Crippen LogP contribution in [0.3, 0.4) is 0 Å². The third-order valence-corrected chi connectivity index (χ3v) is 4.75. The van der Waals surface area contributed by atoms with Gasteiger partial charge in [0.25, 0.3) is 5.91 Å². The van der Waals surface area contributed by atoms with Crippen molar-refractivity contribution in [2.24, 2.45) is 0 Å². The summed E-state index contributed by atoms with van der Waals surface area (Å²) < 4.78 is 1.76. The Labute approximate surface area is 127 Å². The Balaban J connectivity index is 1.68. The molecule has 0 aromatic carbocycles. The van der Waals surface area contributed by atoms with Gasteiger partial charge < -0.3 is 10.6 Å². The standard InChI is InChI=1S/C14H19N5OS/c1-8-4-12(10(3)21-8)9(2)16-14(20)13-7-19(18-17-13)11-5-15-6-11/h4,7,9,11,15H,5-6H2,1-3H3,(H,16,20). The summed E-state index contributed by atoms with van der Waals surface area (Å²) in [7, 11) is 0. The SMILES string of the molecule is Cc1cc(C(C)NC(=O)c2cn(C3CNC3)nn2)c(C)s1. The van der Waals surface area contributed by atoms with Crippen molar-refractivity contribution < 1.29 is 4.79 Å². The van der Waals surface area contributed by atoms with Gasteiger partial charge in [-0.3, -0.25) is 4.79 Å². The summed E-state index contributed by atoms with van der Waals surface area (Å²) in [6.07, 6.45) is 1.72. The van der Waals surface area contributed by atoms with Crippen molar-refractivity contribution >= 4 is 17.2 Å². The quantitative estimate of drug-likeness (QED) is 0.900. The molecule has 1 fully saturated rings. The molecule has 1 saturated heterocycles. The maximum absolute atomic E-state index is 12.2. The molecule has 1 aliphatic rings. The number of amides is 1. The molecule has 7 heteroatoms. The lowest BCUT2D eigenvalue weighted by molar-refractivity contribution is 0.0934. The van der Waals surface area contributed by atoms with Crippen LogP contribution >= 0.6 is 11.3 Å². The summed E-state index contributed by atoms with van der Waals surface area (Å²) in [5.41, 5.74) is 1.54. The van der Waals surface area contributed by atoms with Crippen LogP contribution in [0.1, 0.15) is 44.8 Å². The fraction of sp³-hybridized carbons (Fsp3) is 0.500. The van der Waals surface area contributed by atoms with E-state index in [1.165, 1.54) is 15.3 Å². The molecule has 0 saturated carbocycles. The molecular formula is C14H19N5OS. The Morgan fingerprint density at radius 3 is 2.86 bits per heavy atom. The Bertz CT molecular complexity index is 658. The van der Waals surface area contributed by atoms with Gasteiger partial charge in [0.05, 0.1) is 18.3 Å². The Morgan fingerprint density at radius 2 is 2.29 bits per heavy atom. The van der Waals surface area contributed by atoms with E-state index in [0.29, 0.717) is 11.7 Å². The lowest BCUT2D eigenvalue weighted by Gasteiger charge is -2.26. The van der Waals surface area contributed by atoms with E-state index in [-0.39, 0.29) is 11.9 Å². The minimum atomic E-state index is -0.177. The van der Waals surface area contributed by atoms with Crippen molar-refractivity contribution in [2.45, 2.75) is 32.9 Å². The van der Waals surface area contributed by atoms with E-state index >= 15 is 0 Å². The molecule has 1 aliphatic heterocycles. The number of hydrogen-bond acceptors (Lipinski definition) is 5.